The van der Waals surface area contributed by atoms with Gasteiger partial charge in [0.1, 0.15) is 12.4 Å². The Labute approximate surface area is 153 Å². The minimum atomic E-state index is -0.552. The van der Waals surface area contributed by atoms with Gasteiger partial charge in [-0.15, -0.1) is 0 Å². The lowest BCUT2D eigenvalue weighted by Gasteiger charge is -2.08. The van der Waals surface area contributed by atoms with E-state index >= 15 is 0 Å². The molecule has 0 atom stereocenters. The van der Waals surface area contributed by atoms with Gasteiger partial charge in [-0.1, -0.05) is 33.6 Å². The Bertz CT molecular complexity index is 706. The second-order valence-corrected chi connectivity index (χ2v) is 6.09. The number of esters is 1. The maximum Gasteiger partial charge on any atom is 0.338 e. The highest BCUT2D eigenvalue weighted by molar-refractivity contribution is 9.10. The molecule has 0 heterocycles. The number of ether oxygens (including phenoxy) is 2. The van der Waals surface area contributed by atoms with Crippen LogP contribution in [0.4, 0.5) is 0 Å². The molecule has 1 N–H and O–H groups in total. The van der Waals surface area contributed by atoms with E-state index < -0.39 is 11.9 Å². The lowest BCUT2D eigenvalue weighted by Crippen LogP contribution is -2.32. The number of hydrogen-bond acceptors (Lipinski definition) is 4. The zero-order chi connectivity index (χ0) is 17.4. The summed E-state index contributed by atoms with van der Waals surface area (Å²) in [6.07, 6.45) is 0. The Kier molecular flexibility index (Phi) is 7.08. The molecule has 7 heteroatoms. The number of carbonyl (C=O) groups is 2. The second kappa shape index (κ2) is 9.30. The fourth-order valence-corrected chi connectivity index (χ4v) is 2.30. The zero-order valence-electron chi connectivity index (χ0n) is 12.6. The molecule has 2 rings (SSSR count). The minimum Gasteiger partial charge on any atom is -0.492 e. The third-order valence-electron chi connectivity index (χ3n) is 2.90. The van der Waals surface area contributed by atoms with Crippen LogP contribution in [0.15, 0.2) is 53.0 Å². The lowest BCUT2D eigenvalue weighted by molar-refractivity contribution is -0.124. The molecule has 5 nitrogen and oxygen atoms in total. The van der Waals surface area contributed by atoms with Crippen molar-refractivity contribution >= 4 is 39.4 Å². The van der Waals surface area contributed by atoms with Gasteiger partial charge in [0, 0.05) is 9.50 Å². The van der Waals surface area contributed by atoms with E-state index in [-0.39, 0.29) is 6.61 Å². The summed E-state index contributed by atoms with van der Waals surface area (Å²) in [5.41, 5.74) is 0.378. The number of nitrogens with one attached hydrogen (secondary N) is 1. The molecule has 0 fully saturated rings. The summed E-state index contributed by atoms with van der Waals surface area (Å²) in [5.74, 6) is -0.281. The number of rotatable bonds is 7. The van der Waals surface area contributed by atoms with Crippen molar-refractivity contribution in [2.24, 2.45) is 0 Å². The number of benzene rings is 2. The maximum absolute atomic E-state index is 11.8. The Morgan fingerprint density at radius 3 is 2.58 bits per heavy atom. The van der Waals surface area contributed by atoms with Gasteiger partial charge in [0.05, 0.1) is 12.1 Å². The topological polar surface area (TPSA) is 64.6 Å². The van der Waals surface area contributed by atoms with Gasteiger partial charge in [-0.25, -0.2) is 4.79 Å². The van der Waals surface area contributed by atoms with Gasteiger partial charge in [-0.3, -0.25) is 4.79 Å². The maximum atomic E-state index is 11.8. The standard InChI is InChI=1S/C17H15BrClNO4/c18-13-3-1-2-12(10-13)17(22)24-11-16(21)20-8-9-23-15-6-4-14(19)5-7-15/h1-7,10H,8-9,11H2,(H,20,21). The van der Waals surface area contributed by atoms with Gasteiger partial charge in [0.25, 0.3) is 5.91 Å². The molecule has 2 aromatic carbocycles. The molecule has 2 aromatic rings. The van der Waals surface area contributed by atoms with E-state index in [2.05, 4.69) is 21.2 Å². The fourth-order valence-electron chi connectivity index (χ4n) is 1.77. The van der Waals surface area contributed by atoms with Gasteiger partial charge in [-0.05, 0) is 42.5 Å². The van der Waals surface area contributed by atoms with E-state index in [0.717, 1.165) is 4.47 Å². The first-order chi connectivity index (χ1) is 11.5. The molecular weight excluding hydrogens is 398 g/mol. The van der Waals surface area contributed by atoms with E-state index in [0.29, 0.717) is 29.5 Å². The molecule has 0 radical (unpaired) electrons. The van der Waals surface area contributed by atoms with Crippen LogP contribution in [-0.4, -0.2) is 31.6 Å². The molecule has 0 saturated heterocycles. The van der Waals surface area contributed by atoms with Crippen molar-refractivity contribution in [1.29, 1.82) is 0 Å². The summed E-state index contributed by atoms with van der Waals surface area (Å²) in [5, 5.41) is 3.23. The predicted molar refractivity (Wildman–Crippen MR) is 94.4 cm³/mol. The summed E-state index contributed by atoms with van der Waals surface area (Å²) in [4.78, 5) is 23.4. The normalized spacial score (nSPS) is 10.1. The third kappa shape index (κ3) is 6.22. The fraction of sp³-hybridized carbons (Fsp3) is 0.176. The van der Waals surface area contributed by atoms with Crippen LogP contribution in [0, 0.1) is 0 Å². The molecule has 1 amide bonds. The van der Waals surface area contributed by atoms with Crippen molar-refractivity contribution in [2.45, 2.75) is 0 Å². The Balaban J connectivity index is 1.64. The molecule has 0 bridgehead atoms. The van der Waals surface area contributed by atoms with Gasteiger partial charge >= 0.3 is 5.97 Å². The first-order valence-corrected chi connectivity index (χ1v) is 8.29. The molecule has 0 saturated carbocycles. The SMILES string of the molecule is O=C(COC(=O)c1cccc(Br)c1)NCCOc1ccc(Cl)cc1. The highest BCUT2D eigenvalue weighted by Gasteiger charge is 2.10. The first kappa shape index (κ1) is 18.3. The van der Waals surface area contributed by atoms with Crippen LogP contribution in [0.5, 0.6) is 5.75 Å². The zero-order valence-corrected chi connectivity index (χ0v) is 15.0. The van der Waals surface area contributed by atoms with E-state index in [1.54, 1.807) is 48.5 Å². The molecule has 0 aromatic heterocycles. The van der Waals surface area contributed by atoms with Crippen LogP contribution in [-0.2, 0) is 9.53 Å². The average Bonchev–Trinajstić information content (AvgIpc) is 2.58. The van der Waals surface area contributed by atoms with E-state index in [9.17, 15) is 9.59 Å². The predicted octanol–water partition coefficient (Wildman–Crippen LogP) is 3.45. The van der Waals surface area contributed by atoms with Crippen LogP contribution < -0.4 is 10.1 Å². The van der Waals surface area contributed by atoms with E-state index in [1.807, 2.05) is 0 Å². The van der Waals surface area contributed by atoms with Gasteiger partial charge in [0.2, 0.25) is 0 Å². The van der Waals surface area contributed by atoms with Crippen LogP contribution >= 0.6 is 27.5 Å². The highest BCUT2D eigenvalue weighted by atomic mass is 79.9. The molecule has 126 valence electrons. The third-order valence-corrected chi connectivity index (χ3v) is 3.65. The summed E-state index contributed by atoms with van der Waals surface area (Å²) in [6, 6.07) is 13.7. The monoisotopic (exact) mass is 411 g/mol. The van der Waals surface area contributed by atoms with E-state index in [4.69, 9.17) is 21.1 Å². The Morgan fingerprint density at radius 2 is 1.88 bits per heavy atom. The molecular formula is C17H15BrClNO4. The molecule has 0 aliphatic carbocycles. The van der Waals surface area contributed by atoms with Gasteiger partial charge in [-0.2, -0.15) is 0 Å². The van der Waals surface area contributed by atoms with Gasteiger partial charge in [0.15, 0.2) is 6.61 Å². The second-order valence-electron chi connectivity index (χ2n) is 4.74. The first-order valence-electron chi connectivity index (χ1n) is 7.12. The smallest absolute Gasteiger partial charge is 0.338 e. The lowest BCUT2D eigenvalue weighted by atomic mass is 10.2. The van der Waals surface area contributed by atoms with Gasteiger partial charge < -0.3 is 14.8 Å². The van der Waals surface area contributed by atoms with Crippen molar-refractivity contribution in [3.63, 3.8) is 0 Å². The quantitative estimate of drug-likeness (QED) is 0.559. The average molecular weight is 413 g/mol. The van der Waals surface area contributed by atoms with Crippen molar-refractivity contribution in [2.75, 3.05) is 19.8 Å². The number of amides is 1. The van der Waals surface area contributed by atoms with Crippen LogP contribution in [0.25, 0.3) is 0 Å². The van der Waals surface area contributed by atoms with Crippen molar-refractivity contribution in [1.82, 2.24) is 5.32 Å². The number of hydrogen-bond donors (Lipinski definition) is 1. The summed E-state index contributed by atoms with van der Waals surface area (Å²) in [7, 11) is 0. The van der Waals surface area contributed by atoms with Crippen LogP contribution in [0.1, 0.15) is 10.4 Å². The largest absolute Gasteiger partial charge is 0.492 e. The summed E-state index contributed by atoms with van der Waals surface area (Å²) in [6.45, 7) is 0.259. The summed E-state index contributed by atoms with van der Waals surface area (Å²) < 4.78 is 11.1. The van der Waals surface area contributed by atoms with Crippen LogP contribution in [0.3, 0.4) is 0 Å². The summed E-state index contributed by atoms with van der Waals surface area (Å²) >= 11 is 9.04. The molecule has 0 aliphatic rings. The van der Waals surface area contributed by atoms with Crippen molar-refractivity contribution in [3.05, 3.63) is 63.6 Å². The highest BCUT2D eigenvalue weighted by Crippen LogP contribution is 2.15. The molecule has 0 spiro atoms. The Hall–Kier alpha value is -2.05. The molecule has 0 aliphatic heterocycles. The van der Waals surface area contributed by atoms with Crippen molar-refractivity contribution in [3.8, 4) is 5.75 Å². The van der Waals surface area contributed by atoms with Crippen molar-refractivity contribution < 1.29 is 19.1 Å². The molecule has 24 heavy (non-hydrogen) atoms. The minimum absolute atomic E-state index is 0.299. The molecule has 0 unspecified atom stereocenters. The van der Waals surface area contributed by atoms with E-state index in [1.165, 1.54) is 0 Å². The Morgan fingerprint density at radius 1 is 1.12 bits per heavy atom. The number of carbonyl (C=O) groups excluding carboxylic acids is 2. The number of halogens is 2. The van der Waals surface area contributed by atoms with Crippen LogP contribution in [0.2, 0.25) is 5.02 Å².